The molecule has 2 aliphatic rings. The first-order chi connectivity index (χ1) is 18.1. The molecule has 0 aliphatic carbocycles. The molecular formula is C28H30ClFN4O3S. The predicted molar refractivity (Wildman–Crippen MR) is 148 cm³/mol. The van der Waals surface area contributed by atoms with Crippen LogP contribution in [0.2, 0.25) is 5.02 Å². The van der Waals surface area contributed by atoms with Crippen LogP contribution in [0.15, 0.2) is 48.5 Å². The number of amides is 2. The van der Waals surface area contributed by atoms with Gasteiger partial charge in [-0.2, -0.15) is 5.10 Å². The van der Waals surface area contributed by atoms with Gasteiger partial charge >= 0.3 is 0 Å². The molecule has 200 valence electrons. The Bertz CT molecular complexity index is 1370. The quantitative estimate of drug-likeness (QED) is 0.453. The maximum atomic E-state index is 14.4. The van der Waals surface area contributed by atoms with Crippen LogP contribution in [-0.4, -0.2) is 65.1 Å². The number of carbonyl (C=O) groups excluding carboxylic acids is 2. The van der Waals surface area contributed by atoms with Crippen LogP contribution in [0.3, 0.4) is 0 Å². The van der Waals surface area contributed by atoms with Gasteiger partial charge in [0.15, 0.2) is 0 Å². The minimum absolute atomic E-state index is 0.123. The molecule has 0 spiro atoms. The second-order valence-corrected chi connectivity index (χ2v) is 11.9. The Hall–Kier alpha value is -2.88. The van der Waals surface area contributed by atoms with E-state index in [-0.39, 0.29) is 35.2 Å². The Morgan fingerprint density at radius 3 is 2.58 bits per heavy atom. The van der Waals surface area contributed by atoms with Gasteiger partial charge in [0.2, 0.25) is 11.8 Å². The fraction of sp³-hybridized carbons (Fsp3) is 0.393. The Balaban J connectivity index is 1.74. The highest BCUT2D eigenvalue weighted by atomic mass is 35.5. The van der Waals surface area contributed by atoms with E-state index >= 15 is 0 Å². The van der Waals surface area contributed by atoms with Crippen molar-refractivity contribution in [3.8, 4) is 5.69 Å². The molecule has 1 aromatic heterocycles. The Labute approximate surface area is 230 Å². The number of rotatable bonds is 4. The summed E-state index contributed by atoms with van der Waals surface area (Å²) in [5.74, 6) is -0.112. The largest absolute Gasteiger partial charge is 0.378 e. The smallest absolute Gasteiger partial charge is 0.242 e. The third-order valence-electron chi connectivity index (χ3n) is 6.69. The van der Waals surface area contributed by atoms with Gasteiger partial charge in [-0.15, -0.1) is 11.8 Å². The maximum Gasteiger partial charge on any atom is 0.242 e. The highest BCUT2D eigenvalue weighted by molar-refractivity contribution is 8.00. The summed E-state index contributed by atoms with van der Waals surface area (Å²) in [4.78, 5) is 30.4. The number of hydrogen-bond donors (Lipinski definition) is 0. The summed E-state index contributed by atoms with van der Waals surface area (Å²) in [5.41, 5.74) is 2.45. The summed E-state index contributed by atoms with van der Waals surface area (Å²) < 4.78 is 21.5. The van der Waals surface area contributed by atoms with E-state index in [1.54, 1.807) is 21.7 Å². The van der Waals surface area contributed by atoms with Crippen LogP contribution in [-0.2, 0) is 19.7 Å². The molecule has 0 unspecified atom stereocenters. The van der Waals surface area contributed by atoms with Gasteiger partial charge in [0.1, 0.15) is 18.2 Å². The van der Waals surface area contributed by atoms with E-state index in [9.17, 15) is 14.0 Å². The highest BCUT2D eigenvalue weighted by Crippen LogP contribution is 2.48. The van der Waals surface area contributed by atoms with Crippen molar-refractivity contribution in [2.24, 2.45) is 0 Å². The zero-order valence-corrected chi connectivity index (χ0v) is 23.2. The summed E-state index contributed by atoms with van der Waals surface area (Å²) in [7, 11) is 0. The van der Waals surface area contributed by atoms with Crippen LogP contribution in [0.25, 0.3) is 5.69 Å². The van der Waals surface area contributed by atoms with Gasteiger partial charge in [0.25, 0.3) is 0 Å². The SMILES string of the molecule is CC(C)(C)c1nn(-c2ccccc2Cl)c2c1[C@H](c1cccc(F)c1)SCC(=O)N2CC(=O)N1CCOCC1. The van der Waals surface area contributed by atoms with E-state index in [2.05, 4.69) is 20.8 Å². The molecule has 2 aliphatic heterocycles. The molecule has 1 atom stereocenters. The van der Waals surface area contributed by atoms with Crippen LogP contribution >= 0.6 is 23.4 Å². The number of thioether (sulfide) groups is 1. The topological polar surface area (TPSA) is 67.7 Å². The Morgan fingerprint density at radius 1 is 1.16 bits per heavy atom. The van der Waals surface area contributed by atoms with Crippen molar-refractivity contribution in [3.05, 3.63) is 76.2 Å². The van der Waals surface area contributed by atoms with Crippen LogP contribution in [0.5, 0.6) is 0 Å². The van der Waals surface area contributed by atoms with Gasteiger partial charge in [-0.3, -0.25) is 14.5 Å². The highest BCUT2D eigenvalue weighted by Gasteiger charge is 2.40. The minimum atomic E-state index is -0.421. The Morgan fingerprint density at radius 2 is 1.89 bits per heavy atom. The number of carbonyl (C=O) groups is 2. The molecule has 0 saturated carbocycles. The molecule has 2 aromatic carbocycles. The first kappa shape index (κ1) is 26.7. The zero-order valence-electron chi connectivity index (χ0n) is 21.6. The lowest BCUT2D eigenvalue weighted by molar-refractivity contribution is -0.134. The molecule has 7 nitrogen and oxygen atoms in total. The van der Waals surface area contributed by atoms with Crippen molar-refractivity contribution in [2.45, 2.75) is 31.4 Å². The first-order valence-electron chi connectivity index (χ1n) is 12.6. The number of benzene rings is 2. The average Bonchev–Trinajstić information content (AvgIpc) is 3.22. The maximum absolute atomic E-state index is 14.4. The second kappa shape index (κ2) is 10.7. The number of nitrogens with zero attached hydrogens (tertiary/aromatic N) is 4. The van der Waals surface area contributed by atoms with E-state index in [1.807, 2.05) is 24.3 Å². The number of aromatic nitrogens is 2. The van der Waals surface area contributed by atoms with E-state index < -0.39 is 5.41 Å². The Kier molecular flexibility index (Phi) is 7.53. The molecule has 5 rings (SSSR count). The molecule has 10 heteroatoms. The van der Waals surface area contributed by atoms with E-state index in [0.717, 1.165) is 16.8 Å². The standard InChI is InChI=1S/C28H30ClFN4O3S/c1-28(2,3)26-24-25(18-7-6-8-19(30)15-18)38-17-23(36)33(16-22(35)32-11-13-37-14-12-32)27(24)34(31-26)21-10-5-4-9-20(21)29/h4-10,15,25H,11-14,16-17H2,1-3H3/t25-/m0/s1. The molecular weight excluding hydrogens is 527 g/mol. The summed E-state index contributed by atoms with van der Waals surface area (Å²) >= 11 is 8.06. The van der Waals surface area contributed by atoms with Gasteiger partial charge in [-0.1, -0.05) is 56.6 Å². The van der Waals surface area contributed by atoms with Crippen molar-refractivity contribution in [2.75, 3.05) is 43.5 Å². The molecule has 1 fully saturated rings. The number of morpholine rings is 1. The lowest BCUT2D eigenvalue weighted by Gasteiger charge is -2.30. The first-order valence-corrected chi connectivity index (χ1v) is 14.0. The summed E-state index contributed by atoms with van der Waals surface area (Å²) in [6.45, 7) is 7.91. The van der Waals surface area contributed by atoms with Crippen molar-refractivity contribution >= 4 is 41.0 Å². The number of anilines is 1. The summed E-state index contributed by atoms with van der Waals surface area (Å²) in [6.07, 6.45) is 0. The van der Waals surface area contributed by atoms with Crippen molar-refractivity contribution in [1.82, 2.24) is 14.7 Å². The second-order valence-electron chi connectivity index (χ2n) is 10.4. The molecule has 1 saturated heterocycles. The molecule has 3 aromatic rings. The molecule has 0 bridgehead atoms. The van der Waals surface area contributed by atoms with Crippen molar-refractivity contribution < 1.29 is 18.7 Å². The van der Waals surface area contributed by atoms with Crippen molar-refractivity contribution in [1.29, 1.82) is 0 Å². The van der Waals surface area contributed by atoms with E-state index in [0.29, 0.717) is 42.8 Å². The van der Waals surface area contributed by atoms with Gasteiger partial charge in [0, 0.05) is 24.1 Å². The summed E-state index contributed by atoms with van der Waals surface area (Å²) in [5, 5.41) is 5.11. The zero-order chi connectivity index (χ0) is 27.0. The van der Waals surface area contributed by atoms with Gasteiger partial charge in [-0.25, -0.2) is 9.07 Å². The monoisotopic (exact) mass is 556 g/mol. The number of halogens is 2. The van der Waals surface area contributed by atoms with Gasteiger partial charge in [-0.05, 0) is 29.8 Å². The lowest BCUT2D eigenvalue weighted by atomic mass is 9.87. The fourth-order valence-corrected chi connectivity index (χ4v) is 6.25. The predicted octanol–water partition coefficient (Wildman–Crippen LogP) is 4.99. The number of fused-ring (bicyclic) bond motifs is 1. The number of hydrogen-bond acceptors (Lipinski definition) is 5. The van der Waals surface area contributed by atoms with Crippen LogP contribution in [0, 0.1) is 5.82 Å². The number of ether oxygens (including phenoxy) is 1. The molecule has 0 N–H and O–H groups in total. The third-order valence-corrected chi connectivity index (χ3v) is 8.26. The lowest BCUT2D eigenvalue weighted by Crippen LogP contribution is -2.48. The normalized spacial score (nSPS) is 18.3. The van der Waals surface area contributed by atoms with E-state index in [4.69, 9.17) is 21.4 Å². The van der Waals surface area contributed by atoms with Crippen LogP contribution in [0.4, 0.5) is 10.2 Å². The summed E-state index contributed by atoms with van der Waals surface area (Å²) in [6, 6.07) is 13.7. The third kappa shape index (κ3) is 5.19. The molecule has 0 radical (unpaired) electrons. The molecule has 38 heavy (non-hydrogen) atoms. The van der Waals surface area contributed by atoms with Crippen LogP contribution < -0.4 is 4.90 Å². The van der Waals surface area contributed by atoms with Gasteiger partial charge < -0.3 is 9.64 Å². The van der Waals surface area contributed by atoms with Crippen molar-refractivity contribution in [3.63, 3.8) is 0 Å². The minimum Gasteiger partial charge on any atom is -0.378 e. The molecule has 2 amide bonds. The molecule has 3 heterocycles. The number of para-hydroxylation sites is 1. The average molecular weight is 557 g/mol. The van der Waals surface area contributed by atoms with Crippen LogP contribution in [0.1, 0.15) is 42.8 Å². The van der Waals surface area contributed by atoms with Gasteiger partial charge in [0.05, 0.1) is 40.6 Å². The van der Waals surface area contributed by atoms with E-state index in [1.165, 1.54) is 28.8 Å². The fourth-order valence-electron chi connectivity index (χ4n) is 4.85.